The van der Waals surface area contributed by atoms with E-state index in [1.807, 2.05) is 25.1 Å². The van der Waals surface area contributed by atoms with Crippen molar-refractivity contribution in [2.75, 3.05) is 39.2 Å². The van der Waals surface area contributed by atoms with Crippen molar-refractivity contribution in [3.8, 4) is 11.8 Å². The molecule has 0 radical (unpaired) electrons. The van der Waals surface area contributed by atoms with E-state index < -0.39 is 0 Å². The molecule has 4 nitrogen and oxygen atoms in total. The molecule has 0 heterocycles. The van der Waals surface area contributed by atoms with Gasteiger partial charge in [0.25, 0.3) is 0 Å². The fourth-order valence-corrected chi connectivity index (χ4v) is 1.45. The van der Waals surface area contributed by atoms with Gasteiger partial charge in [0.2, 0.25) is 0 Å². The normalized spacial score (nSPS) is 9.62. The number of hydrogen-bond donors (Lipinski definition) is 1. The highest BCUT2D eigenvalue weighted by molar-refractivity contribution is 5.61. The van der Waals surface area contributed by atoms with Gasteiger partial charge in [-0.15, -0.1) is 0 Å². The molecule has 1 aromatic rings. The SMILES string of the molecule is CNCCN(C)c1cc(OC)ccc1C#N. The lowest BCUT2D eigenvalue weighted by molar-refractivity contribution is 0.415. The Labute approximate surface area is 96.4 Å². The number of benzene rings is 1. The second-order valence-corrected chi connectivity index (χ2v) is 3.52. The van der Waals surface area contributed by atoms with Gasteiger partial charge in [-0.3, -0.25) is 0 Å². The fourth-order valence-electron chi connectivity index (χ4n) is 1.45. The van der Waals surface area contributed by atoms with Crippen LogP contribution in [0, 0.1) is 11.3 Å². The Morgan fingerprint density at radius 1 is 1.50 bits per heavy atom. The van der Waals surface area contributed by atoms with Crippen molar-refractivity contribution in [2.45, 2.75) is 0 Å². The maximum atomic E-state index is 9.02. The van der Waals surface area contributed by atoms with Crippen LogP contribution in [-0.4, -0.2) is 34.3 Å². The van der Waals surface area contributed by atoms with Crippen molar-refractivity contribution in [3.05, 3.63) is 23.8 Å². The molecule has 1 aromatic carbocycles. The molecule has 0 atom stereocenters. The maximum Gasteiger partial charge on any atom is 0.121 e. The highest BCUT2D eigenvalue weighted by Crippen LogP contribution is 2.24. The minimum absolute atomic E-state index is 0.666. The zero-order valence-electron chi connectivity index (χ0n) is 9.95. The second kappa shape index (κ2) is 5.99. The number of anilines is 1. The summed E-state index contributed by atoms with van der Waals surface area (Å²) < 4.78 is 5.16. The van der Waals surface area contributed by atoms with Gasteiger partial charge in [0.1, 0.15) is 11.8 Å². The lowest BCUT2D eigenvalue weighted by atomic mass is 10.1. The Morgan fingerprint density at radius 2 is 2.25 bits per heavy atom. The molecule has 0 bridgehead atoms. The third kappa shape index (κ3) is 2.88. The zero-order chi connectivity index (χ0) is 12.0. The van der Waals surface area contributed by atoms with Gasteiger partial charge in [-0.2, -0.15) is 5.26 Å². The first-order chi connectivity index (χ1) is 7.72. The third-order valence-corrected chi connectivity index (χ3v) is 2.43. The summed E-state index contributed by atoms with van der Waals surface area (Å²) in [5.74, 6) is 0.769. The van der Waals surface area contributed by atoms with Crippen LogP contribution in [0.1, 0.15) is 5.56 Å². The van der Waals surface area contributed by atoms with Crippen LogP contribution in [0.3, 0.4) is 0 Å². The molecule has 0 saturated carbocycles. The standard InChI is InChI=1S/C12H17N3O/c1-14-6-7-15(2)12-8-11(16-3)5-4-10(12)9-13/h4-5,8,14H,6-7H2,1-3H3. The van der Waals surface area contributed by atoms with Gasteiger partial charge in [0.15, 0.2) is 0 Å². The minimum atomic E-state index is 0.666. The van der Waals surface area contributed by atoms with Crippen LogP contribution in [0.4, 0.5) is 5.69 Å². The fraction of sp³-hybridized carbons (Fsp3) is 0.417. The first-order valence-electron chi connectivity index (χ1n) is 5.16. The average Bonchev–Trinajstić information content (AvgIpc) is 2.35. The maximum absolute atomic E-state index is 9.02. The molecule has 0 aliphatic rings. The largest absolute Gasteiger partial charge is 0.497 e. The molecule has 1 N–H and O–H groups in total. The molecule has 0 spiro atoms. The molecule has 0 fully saturated rings. The van der Waals surface area contributed by atoms with E-state index in [9.17, 15) is 0 Å². The number of ether oxygens (including phenoxy) is 1. The summed E-state index contributed by atoms with van der Waals surface area (Å²) in [6, 6.07) is 7.65. The lowest BCUT2D eigenvalue weighted by Crippen LogP contribution is -2.27. The molecule has 0 aliphatic carbocycles. The third-order valence-electron chi connectivity index (χ3n) is 2.43. The van der Waals surface area contributed by atoms with Gasteiger partial charge in [0.05, 0.1) is 18.4 Å². The molecular formula is C12H17N3O. The summed E-state index contributed by atoms with van der Waals surface area (Å²) in [6.45, 7) is 1.72. The lowest BCUT2D eigenvalue weighted by Gasteiger charge is -2.20. The Kier molecular flexibility index (Phi) is 4.62. The topological polar surface area (TPSA) is 48.3 Å². The van der Waals surface area contributed by atoms with Crippen molar-refractivity contribution in [2.24, 2.45) is 0 Å². The van der Waals surface area contributed by atoms with E-state index in [1.165, 1.54) is 0 Å². The van der Waals surface area contributed by atoms with Crippen molar-refractivity contribution >= 4 is 5.69 Å². The van der Waals surface area contributed by atoms with E-state index in [-0.39, 0.29) is 0 Å². The van der Waals surface area contributed by atoms with E-state index in [0.29, 0.717) is 5.56 Å². The Hall–Kier alpha value is -1.73. The van der Waals surface area contributed by atoms with E-state index in [1.54, 1.807) is 19.2 Å². The minimum Gasteiger partial charge on any atom is -0.497 e. The second-order valence-electron chi connectivity index (χ2n) is 3.52. The molecule has 0 saturated heterocycles. The van der Waals surface area contributed by atoms with Crippen LogP contribution in [0.5, 0.6) is 5.75 Å². The van der Waals surface area contributed by atoms with Crippen molar-refractivity contribution < 1.29 is 4.74 Å². The quantitative estimate of drug-likeness (QED) is 0.809. The van der Waals surface area contributed by atoms with Gasteiger partial charge < -0.3 is 15.0 Å². The van der Waals surface area contributed by atoms with Crippen molar-refractivity contribution in [3.63, 3.8) is 0 Å². The van der Waals surface area contributed by atoms with Crippen LogP contribution < -0.4 is 15.0 Å². The molecule has 0 unspecified atom stereocenters. The predicted octanol–water partition coefficient (Wildman–Crippen LogP) is 1.22. The summed E-state index contributed by atoms with van der Waals surface area (Å²) in [7, 11) is 5.50. The molecule has 1 rings (SSSR count). The number of hydrogen-bond acceptors (Lipinski definition) is 4. The molecule has 16 heavy (non-hydrogen) atoms. The number of rotatable bonds is 5. The first-order valence-corrected chi connectivity index (χ1v) is 5.16. The molecule has 0 amide bonds. The van der Waals surface area contributed by atoms with E-state index in [4.69, 9.17) is 10.00 Å². The van der Waals surface area contributed by atoms with Crippen molar-refractivity contribution in [1.82, 2.24) is 5.32 Å². The highest BCUT2D eigenvalue weighted by atomic mass is 16.5. The van der Waals surface area contributed by atoms with Crippen LogP contribution in [0.2, 0.25) is 0 Å². The van der Waals surface area contributed by atoms with Gasteiger partial charge in [-0.1, -0.05) is 0 Å². The van der Waals surface area contributed by atoms with Gasteiger partial charge in [0, 0.05) is 26.2 Å². The van der Waals surface area contributed by atoms with Gasteiger partial charge in [-0.05, 0) is 19.2 Å². The molecular weight excluding hydrogens is 202 g/mol. The number of nitrogens with zero attached hydrogens (tertiary/aromatic N) is 2. The summed E-state index contributed by atoms with van der Waals surface area (Å²) in [4.78, 5) is 2.04. The number of nitriles is 1. The average molecular weight is 219 g/mol. The summed E-state index contributed by atoms with van der Waals surface area (Å²) >= 11 is 0. The zero-order valence-corrected chi connectivity index (χ0v) is 9.95. The van der Waals surface area contributed by atoms with Crippen LogP contribution >= 0.6 is 0 Å². The summed E-state index contributed by atoms with van der Waals surface area (Å²) in [6.07, 6.45) is 0. The van der Waals surface area contributed by atoms with Crippen molar-refractivity contribution in [1.29, 1.82) is 5.26 Å². The monoisotopic (exact) mass is 219 g/mol. The Bertz CT molecular complexity index is 384. The van der Waals surface area contributed by atoms with Crippen LogP contribution in [-0.2, 0) is 0 Å². The Morgan fingerprint density at radius 3 is 2.81 bits per heavy atom. The van der Waals surface area contributed by atoms with E-state index >= 15 is 0 Å². The first kappa shape index (κ1) is 12.3. The van der Waals surface area contributed by atoms with Gasteiger partial charge in [-0.25, -0.2) is 0 Å². The number of nitrogens with one attached hydrogen (secondary N) is 1. The number of likely N-dealkylation sites (N-methyl/N-ethyl adjacent to an activating group) is 2. The molecule has 0 aliphatic heterocycles. The van der Waals surface area contributed by atoms with E-state index in [0.717, 1.165) is 24.5 Å². The molecule has 4 heteroatoms. The van der Waals surface area contributed by atoms with Gasteiger partial charge >= 0.3 is 0 Å². The van der Waals surface area contributed by atoms with E-state index in [2.05, 4.69) is 11.4 Å². The smallest absolute Gasteiger partial charge is 0.121 e. The number of methoxy groups -OCH3 is 1. The summed E-state index contributed by atoms with van der Waals surface area (Å²) in [5.41, 5.74) is 1.57. The summed E-state index contributed by atoms with van der Waals surface area (Å²) in [5, 5.41) is 12.1. The molecule has 86 valence electrons. The molecule has 0 aromatic heterocycles. The van der Waals surface area contributed by atoms with Crippen LogP contribution in [0.25, 0.3) is 0 Å². The highest BCUT2D eigenvalue weighted by Gasteiger charge is 2.08. The van der Waals surface area contributed by atoms with Crippen LogP contribution in [0.15, 0.2) is 18.2 Å². The predicted molar refractivity (Wildman–Crippen MR) is 64.9 cm³/mol. The Balaban J connectivity index is 2.95.